The van der Waals surface area contributed by atoms with E-state index in [4.69, 9.17) is 15.5 Å². The van der Waals surface area contributed by atoms with Gasteiger partial charge in [-0.05, 0) is 56.0 Å². The number of hydrogen-bond acceptors (Lipinski definition) is 5. The van der Waals surface area contributed by atoms with Crippen molar-refractivity contribution in [2.24, 2.45) is 10.7 Å². The second-order valence-electron chi connectivity index (χ2n) is 9.08. The molecule has 0 aliphatic carbocycles. The molecular weight excluding hydrogens is 503 g/mol. The maximum absolute atomic E-state index is 13.7. The van der Waals surface area contributed by atoms with E-state index in [-0.39, 0.29) is 31.1 Å². The molecule has 0 atom stereocenters. The molecule has 3 aromatic rings. The van der Waals surface area contributed by atoms with Crippen molar-refractivity contribution in [1.82, 2.24) is 14.5 Å². The minimum Gasteiger partial charge on any atom is -0.493 e. The quantitative estimate of drug-likeness (QED) is 0.506. The third-order valence-corrected chi connectivity index (χ3v) is 6.29. The average molecular weight is 532 g/mol. The van der Waals surface area contributed by atoms with Gasteiger partial charge in [0.1, 0.15) is 5.49 Å². The Morgan fingerprint density at radius 1 is 1.11 bits per heavy atom. The van der Waals surface area contributed by atoms with Gasteiger partial charge >= 0.3 is 18.1 Å². The Labute approximate surface area is 216 Å². The van der Waals surface area contributed by atoms with Crippen LogP contribution in [0.3, 0.4) is 0 Å². The van der Waals surface area contributed by atoms with Crippen LogP contribution in [-0.2, 0) is 19.5 Å². The van der Waals surface area contributed by atoms with E-state index < -0.39 is 18.1 Å². The Balaban J connectivity index is 1.95. The number of ether oxygens (including phenoxy) is 2. The van der Waals surface area contributed by atoms with Crippen LogP contribution in [0.25, 0.3) is 11.3 Å². The fraction of sp³-hybridized carbons (Fsp3) is 0.346. The monoisotopic (exact) mass is 531 g/mol. The molecule has 0 unspecified atom stereocenters. The minimum atomic E-state index is -4.88. The number of methoxy groups -OCH3 is 1. The summed E-state index contributed by atoms with van der Waals surface area (Å²) in [6, 6.07) is 7.69. The molecule has 2 amide bonds. The Hall–Kier alpha value is -4.22. The summed E-state index contributed by atoms with van der Waals surface area (Å²) in [4.78, 5) is 29.7. The molecule has 0 bridgehead atoms. The van der Waals surface area contributed by atoms with Gasteiger partial charge < -0.3 is 20.5 Å². The van der Waals surface area contributed by atoms with Gasteiger partial charge in [0.25, 0.3) is 0 Å². The number of halogens is 3. The van der Waals surface area contributed by atoms with Gasteiger partial charge in [-0.2, -0.15) is 0 Å². The van der Waals surface area contributed by atoms with Gasteiger partial charge in [0.05, 0.1) is 18.5 Å². The van der Waals surface area contributed by atoms with E-state index in [2.05, 4.69) is 10.1 Å². The van der Waals surface area contributed by atoms with Crippen LogP contribution >= 0.6 is 0 Å². The molecule has 9 nitrogen and oxygen atoms in total. The van der Waals surface area contributed by atoms with Gasteiger partial charge in [-0.1, -0.05) is 17.7 Å². The summed E-state index contributed by atoms with van der Waals surface area (Å²) in [5.41, 5.74) is 10.3. The van der Waals surface area contributed by atoms with Crippen LogP contribution in [0.4, 0.5) is 23.7 Å². The van der Waals surface area contributed by atoms with Gasteiger partial charge in [0.15, 0.2) is 11.5 Å². The zero-order chi connectivity index (χ0) is 27.8. The highest BCUT2D eigenvalue weighted by molar-refractivity contribution is 5.71. The first-order valence-electron chi connectivity index (χ1n) is 11.9. The van der Waals surface area contributed by atoms with Crippen molar-refractivity contribution in [3.8, 4) is 22.8 Å². The summed E-state index contributed by atoms with van der Waals surface area (Å²) in [6.45, 7) is 6.26. The zero-order valence-corrected chi connectivity index (χ0v) is 21.4. The molecule has 2 heterocycles. The Bertz CT molecular complexity index is 1520. The Morgan fingerprint density at radius 2 is 1.79 bits per heavy atom. The lowest BCUT2D eigenvalue weighted by atomic mass is 9.97. The van der Waals surface area contributed by atoms with E-state index in [1.54, 1.807) is 6.07 Å². The summed E-state index contributed by atoms with van der Waals surface area (Å²) in [6.07, 6.45) is -4.59. The summed E-state index contributed by atoms with van der Waals surface area (Å²) in [7, 11) is 1.25. The van der Waals surface area contributed by atoms with Gasteiger partial charge in [0, 0.05) is 31.3 Å². The van der Waals surface area contributed by atoms with Crippen molar-refractivity contribution in [1.29, 1.82) is 0 Å². The average Bonchev–Trinajstić information content (AvgIpc) is 2.81. The molecule has 0 radical (unpaired) electrons. The molecule has 1 aliphatic heterocycles. The topological polar surface area (TPSA) is 113 Å². The maximum Gasteiger partial charge on any atom is 0.573 e. The number of primary amides is 1. The molecule has 1 aromatic heterocycles. The molecule has 1 aliphatic rings. The number of benzene rings is 2. The Morgan fingerprint density at radius 3 is 2.39 bits per heavy atom. The molecule has 0 saturated heterocycles. The van der Waals surface area contributed by atoms with Gasteiger partial charge in [-0.3, -0.25) is 9.13 Å². The molecule has 0 fully saturated rings. The molecule has 0 spiro atoms. The summed E-state index contributed by atoms with van der Waals surface area (Å²) in [5, 5.41) is 2.48. The first-order valence-corrected chi connectivity index (χ1v) is 11.9. The van der Waals surface area contributed by atoms with Crippen molar-refractivity contribution in [3.05, 3.63) is 68.6 Å². The van der Waals surface area contributed by atoms with Crippen LogP contribution in [0.1, 0.15) is 22.3 Å². The van der Waals surface area contributed by atoms with E-state index in [1.807, 2.05) is 32.9 Å². The molecule has 202 valence electrons. The molecule has 2 aromatic carbocycles. The number of hydrogen-bond donors (Lipinski definition) is 2. The number of nitrogens with two attached hydrogens (primary N) is 1. The van der Waals surface area contributed by atoms with E-state index in [0.717, 1.165) is 16.7 Å². The fourth-order valence-electron chi connectivity index (χ4n) is 4.76. The lowest BCUT2D eigenvalue weighted by Crippen LogP contribution is -2.44. The van der Waals surface area contributed by atoms with Crippen molar-refractivity contribution in [2.75, 3.05) is 13.7 Å². The van der Waals surface area contributed by atoms with E-state index >= 15 is 0 Å². The van der Waals surface area contributed by atoms with Crippen molar-refractivity contribution in [3.63, 3.8) is 0 Å². The number of aromatic nitrogens is 2. The number of rotatable bonds is 6. The molecular formula is C26H28F3N5O4. The molecule has 4 rings (SSSR count). The smallest absolute Gasteiger partial charge is 0.493 e. The Kier molecular flexibility index (Phi) is 7.25. The number of fused-ring (bicyclic) bond motifs is 3. The third-order valence-electron chi connectivity index (χ3n) is 6.29. The van der Waals surface area contributed by atoms with Crippen LogP contribution in [0.15, 0.2) is 40.1 Å². The maximum atomic E-state index is 13.7. The van der Waals surface area contributed by atoms with Crippen molar-refractivity contribution in [2.45, 2.75) is 46.6 Å². The van der Waals surface area contributed by atoms with Gasteiger partial charge in [0.2, 0.25) is 0 Å². The number of alkyl halides is 3. The standard InChI is InChI=1S/C26H28F3N5O4/c1-14-9-15(2)23(16(3)10-14)32-22-13-19-18-12-20(37-4)21(38-26(27,28)29)11-17(18)5-7-33(19)25(36)34(22)8-6-31-24(30)35/h9-13H,5-8H2,1-4H3,(H3,30,31,35). The fourth-order valence-corrected chi connectivity index (χ4v) is 4.76. The summed E-state index contributed by atoms with van der Waals surface area (Å²) in [5.74, 6) is -0.568. The van der Waals surface area contributed by atoms with Crippen molar-refractivity contribution < 1.29 is 27.4 Å². The van der Waals surface area contributed by atoms with E-state index in [9.17, 15) is 22.8 Å². The lowest BCUT2D eigenvalue weighted by Gasteiger charge is -2.25. The minimum absolute atomic E-state index is 0.103. The predicted molar refractivity (Wildman–Crippen MR) is 135 cm³/mol. The number of aryl methyl sites for hydroxylation is 4. The highest BCUT2D eigenvalue weighted by atomic mass is 19.4. The summed E-state index contributed by atoms with van der Waals surface area (Å²) < 4.78 is 51.2. The zero-order valence-electron chi connectivity index (χ0n) is 21.4. The number of carbonyl (C=O) groups is 1. The van der Waals surface area contributed by atoms with Gasteiger partial charge in [-0.15, -0.1) is 13.2 Å². The van der Waals surface area contributed by atoms with E-state index in [0.29, 0.717) is 34.4 Å². The molecule has 38 heavy (non-hydrogen) atoms. The second-order valence-corrected chi connectivity index (χ2v) is 9.08. The predicted octanol–water partition coefficient (Wildman–Crippen LogP) is 3.61. The number of nitrogens with zero attached hydrogens (tertiary/aromatic N) is 3. The van der Waals surface area contributed by atoms with E-state index in [1.165, 1.54) is 28.4 Å². The van der Waals surface area contributed by atoms with Crippen LogP contribution in [0, 0.1) is 20.8 Å². The SMILES string of the molecule is COc1cc2c(cc1OC(F)(F)F)CCn1c-2cc(=Nc2c(C)cc(C)cc2C)n(CCNC(N)=O)c1=O. The lowest BCUT2D eigenvalue weighted by molar-refractivity contribution is -0.275. The molecule has 0 saturated carbocycles. The third kappa shape index (κ3) is 5.53. The molecule has 12 heteroatoms. The number of urea groups is 1. The van der Waals surface area contributed by atoms with Crippen molar-refractivity contribution >= 4 is 11.7 Å². The molecule has 3 N–H and O–H groups in total. The van der Waals surface area contributed by atoms with Crippen LogP contribution in [0.5, 0.6) is 11.5 Å². The van der Waals surface area contributed by atoms with Gasteiger partial charge in [-0.25, -0.2) is 14.6 Å². The van der Waals surface area contributed by atoms with Crippen LogP contribution in [0.2, 0.25) is 0 Å². The highest BCUT2D eigenvalue weighted by Crippen LogP contribution is 2.39. The number of amides is 2. The largest absolute Gasteiger partial charge is 0.573 e. The van der Waals surface area contributed by atoms with Crippen LogP contribution < -0.4 is 31.7 Å². The van der Waals surface area contributed by atoms with Crippen LogP contribution in [-0.4, -0.2) is 35.2 Å². The second kappa shape index (κ2) is 10.3. The highest BCUT2D eigenvalue weighted by Gasteiger charge is 2.33. The number of carbonyl (C=O) groups excluding carboxylic acids is 1. The summed E-state index contributed by atoms with van der Waals surface area (Å²) >= 11 is 0. The first-order chi connectivity index (χ1) is 17.9. The first kappa shape index (κ1) is 26.8. The normalized spacial score (nSPS) is 13.1. The number of nitrogens with one attached hydrogen (secondary N) is 1.